The summed E-state index contributed by atoms with van der Waals surface area (Å²) in [5.41, 5.74) is 2.35. The standard InChI is InChI=1S/C17H17FN4O2/c1-2-13(16(23)20-11-5-3-10(18)4-6-11)19-12-7-8-14-15(9-12)22-17(24)21-14/h3-9,13,19H,2H2,1H3,(H,20,23)(H2,21,22,24)/t13-/m1/s1. The molecule has 0 saturated heterocycles. The molecule has 6 nitrogen and oxygen atoms in total. The highest BCUT2D eigenvalue weighted by Crippen LogP contribution is 2.17. The molecule has 1 heterocycles. The van der Waals surface area contributed by atoms with Crippen LogP contribution in [-0.4, -0.2) is 21.9 Å². The Morgan fingerprint density at radius 2 is 1.75 bits per heavy atom. The molecule has 1 amide bonds. The minimum absolute atomic E-state index is 0.216. The van der Waals surface area contributed by atoms with E-state index in [1.807, 2.05) is 6.92 Å². The number of hydrogen-bond donors (Lipinski definition) is 4. The summed E-state index contributed by atoms with van der Waals surface area (Å²) in [6, 6.07) is 10.5. The Labute approximate surface area is 137 Å². The van der Waals surface area contributed by atoms with Crippen LogP contribution in [0.15, 0.2) is 47.3 Å². The van der Waals surface area contributed by atoms with E-state index in [9.17, 15) is 14.0 Å². The Morgan fingerprint density at radius 3 is 2.46 bits per heavy atom. The van der Waals surface area contributed by atoms with Crippen LogP contribution in [0.5, 0.6) is 0 Å². The van der Waals surface area contributed by atoms with Gasteiger partial charge in [-0.1, -0.05) is 6.92 Å². The van der Waals surface area contributed by atoms with Crippen molar-refractivity contribution in [3.63, 3.8) is 0 Å². The first kappa shape index (κ1) is 15.8. The van der Waals surface area contributed by atoms with Crippen LogP contribution >= 0.6 is 0 Å². The Hall–Kier alpha value is -3.09. The van der Waals surface area contributed by atoms with Gasteiger partial charge in [0.05, 0.1) is 11.0 Å². The van der Waals surface area contributed by atoms with Crippen molar-refractivity contribution in [3.05, 3.63) is 58.8 Å². The molecule has 4 N–H and O–H groups in total. The first-order valence-corrected chi connectivity index (χ1v) is 7.60. The number of nitrogens with one attached hydrogen (secondary N) is 4. The van der Waals surface area contributed by atoms with Crippen LogP contribution in [-0.2, 0) is 4.79 Å². The zero-order valence-electron chi connectivity index (χ0n) is 13.0. The normalized spacial score (nSPS) is 12.1. The SMILES string of the molecule is CC[C@@H](Nc1ccc2[nH]c(=O)[nH]c2c1)C(=O)Nc1ccc(F)cc1. The average molecular weight is 328 g/mol. The predicted molar refractivity (Wildman–Crippen MR) is 91.7 cm³/mol. The number of aromatic nitrogens is 2. The van der Waals surface area contributed by atoms with Crippen molar-refractivity contribution in [1.29, 1.82) is 0 Å². The monoisotopic (exact) mass is 328 g/mol. The fourth-order valence-corrected chi connectivity index (χ4v) is 2.44. The number of carbonyl (C=O) groups excluding carboxylic acids is 1. The predicted octanol–water partition coefficient (Wildman–Crippen LogP) is 2.82. The molecule has 2 aromatic carbocycles. The second-order valence-corrected chi connectivity index (χ2v) is 5.44. The number of benzene rings is 2. The van der Waals surface area contributed by atoms with Gasteiger partial charge < -0.3 is 20.6 Å². The van der Waals surface area contributed by atoms with E-state index in [2.05, 4.69) is 20.6 Å². The van der Waals surface area contributed by atoms with Gasteiger partial charge in [-0.3, -0.25) is 4.79 Å². The number of imidazole rings is 1. The zero-order valence-corrected chi connectivity index (χ0v) is 13.0. The quantitative estimate of drug-likeness (QED) is 0.580. The molecule has 0 radical (unpaired) electrons. The van der Waals surface area contributed by atoms with Crippen molar-refractivity contribution in [2.24, 2.45) is 0 Å². The number of halogens is 1. The van der Waals surface area contributed by atoms with Gasteiger partial charge in [-0.25, -0.2) is 9.18 Å². The summed E-state index contributed by atoms with van der Waals surface area (Å²) in [5.74, 6) is -0.571. The molecule has 124 valence electrons. The van der Waals surface area contributed by atoms with E-state index in [0.29, 0.717) is 23.1 Å². The highest BCUT2D eigenvalue weighted by atomic mass is 19.1. The highest BCUT2D eigenvalue weighted by Gasteiger charge is 2.16. The summed E-state index contributed by atoms with van der Waals surface area (Å²) in [5, 5.41) is 5.89. The summed E-state index contributed by atoms with van der Waals surface area (Å²) in [4.78, 5) is 29.0. The molecular formula is C17H17FN4O2. The highest BCUT2D eigenvalue weighted by molar-refractivity contribution is 5.96. The molecule has 3 aromatic rings. The van der Waals surface area contributed by atoms with Gasteiger partial charge in [0.2, 0.25) is 5.91 Å². The van der Waals surface area contributed by atoms with E-state index in [1.165, 1.54) is 24.3 Å². The van der Waals surface area contributed by atoms with Gasteiger partial charge in [-0.05, 0) is 48.9 Å². The summed E-state index contributed by atoms with van der Waals surface area (Å²) in [6.45, 7) is 1.89. The average Bonchev–Trinajstić information content (AvgIpc) is 2.94. The van der Waals surface area contributed by atoms with Crippen LogP contribution in [0.4, 0.5) is 15.8 Å². The van der Waals surface area contributed by atoms with Gasteiger partial charge in [-0.15, -0.1) is 0 Å². The van der Waals surface area contributed by atoms with Crippen molar-refractivity contribution in [2.75, 3.05) is 10.6 Å². The van der Waals surface area contributed by atoms with E-state index < -0.39 is 6.04 Å². The fourth-order valence-electron chi connectivity index (χ4n) is 2.44. The fraction of sp³-hybridized carbons (Fsp3) is 0.176. The van der Waals surface area contributed by atoms with Gasteiger partial charge in [0.15, 0.2) is 0 Å². The minimum atomic E-state index is -0.460. The number of aromatic amines is 2. The van der Waals surface area contributed by atoms with Crippen molar-refractivity contribution in [1.82, 2.24) is 9.97 Å². The maximum Gasteiger partial charge on any atom is 0.323 e. The second-order valence-electron chi connectivity index (χ2n) is 5.44. The lowest BCUT2D eigenvalue weighted by Crippen LogP contribution is -2.34. The smallest absolute Gasteiger partial charge is 0.323 e. The van der Waals surface area contributed by atoms with Gasteiger partial charge in [0, 0.05) is 11.4 Å². The Kier molecular flexibility index (Phi) is 4.33. The molecule has 24 heavy (non-hydrogen) atoms. The van der Waals surface area contributed by atoms with E-state index in [-0.39, 0.29) is 17.4 Å². The van der Waals surface area contributed by atoms with Crippen LogP contribution < -0.4 is 16.3 Å². The van der Waals surface area contributed by atoms with E-state index in [4.69, 9.17) is 0 Å². The van der Waals surface area contributed by atoms with E-state index >= 15 is 0 Å². The largest absolute Gasteiger partial charge is 0.374 e. The molecule has 0 spiro atoms. The Morgan fingerprint density at radius 1 is 1.08 bits per heavy atom. The lowest BCUT2D eigenvalue weighted by atomic mass is 10.1. The first-order valence-electron chi connectivity index (χ1n) is 7.60. The lowest BCUT2D eigenvalue weighted by molar-refractivity contribution is -0.116. The van der Waals surface area contributed by atoms with Crippen LogP contribution in [0.1, 0.15) is 13.3 Å². The number of anilines is 2. The zero-order chi connectivity index (χ0) is 17.1. The van der Waals surface area contributed by atoms with Crippen molar-refractivity contribution in [3.8, 4) is 0 Å². The Balaban J connectivity index is 1.73. The van der Waals surface area contributed by atoms with Gasteiger partial charge in [0.25, 0.3) is 0 Å². The third-order valence-electron chi connectivity index (χ3n) is 3.69. The number of carbonyl (C=O) groups is 1. The van der Waals surface area contributed by atoms with Crippen molar-refractivity contribution >= 4 is 28.3 Å². The maximum atomic E-state index is 12.9. The third kappa shape index (κ3) is 3.45. The lowest BCUT2D eigenvalue weighted by Gasteiger charge is -2.18. The summed E-state index contributed by atoms with van der Waals surface area (Å²) in [7, 11) is 0. The Bertz CT molecular complexity index is 914. The number of fused-ring (bicyclic) bond motifs is 1. The molecule has 0 aliphatic carbocycles. The summed E-state index contributed by atoms with van der Waals surface area (Å²) < 4.78 is 12.9. The maximum absolute atomic E-state index is 12.9. The number of hydrogen-bond acceptors (Lipinski definition) is 3. The van der Waals surface area contributed by atoms with Crippen molar-refractivity contribution in [2.45, 2.75) is 19.4 Å². The molecule has 0 aliphatic rings. The summed E-state index contributed by atoms with van der Waals surface area (Å²) in [6.07, 6.45) is 0.564. The number of rotatable bonds is 5. The van der Waals surface area contributed by atoms with Crippen LogP contribution in [0, 0.1) is 5.82 Å². The molecule has 0 bridgehead atoms. The topological polar surface area (TPSA) is 89.8 Å². The molecule has 0 aliphatic heterocycles. The minimum Gasteiger partial charge on any atom is -0.374 e. The van der Waals surface area contributed by atoms with Crippen LogP contribution in [0.2, 0.25) is 0 Å². The second kappa shape index (κ2) is 6.57. The molecule has 1 atom stereocenters. The van der Waals surface area contributed by atoms with Gasteiger partial charge >= 0.3 is 5.69 Å². The molecule has 0 saturated carbocycles. The molecule has 0 unspecified atom stereocenters. The van der Waals surface area contributed by atoms with Crippen LogP contribution in [0.3, 0.4) is 0 Å². The van der Waals surface area contributed by atoms with Crippen molar-refractivity contribution < 1.29 is 9.18 Å². The van der Waals surface area contributed by atoms with Gasteiger partial charge in [-0.2, -0.15) is 0 Å². The van der Waals surface area contributed by atoms with Gasteiger partial charge in [0.1, 0.15) is 11.9 Å². The summed E-state index contributed by atoms with van der Waals surface area (Å²) >= 11 is 0. The van der Waals surface area contributed by atoms with E-state index in [0.717, 1.165) is 5.69 Å². The first-order chi connectivity index (χ1) is 11.5. The molecular weight excluding hydrogens is 311 g/mol. The molecule has 1 aromatic heterocycles. The molecule has 0 fully saturated rings. The molecule has 7 heteroatoms. The van der Waals surface area contributed by atoms with Crippen LogP contribution in [0.25, 0.3) is 11.0 Å². The number of H-pyrrole nitrogens is 2. The molecule has 3 rings (SSSR count). The van der Waals surface area contributed by atoms with E-state index in [1.54, 1.807) is 18.2 Å². The number of amides is 1. The third-order valence-corrected chi connectivity index (χ3v) is 3.69.